The van der Waals surface area contributed by atoms with E-state index in [-0.39, 0.29) is 24.8 Å². The highest BCUT2D eigenvalue weighted by molar-refractivity contribution is 5.85. The summed E-state index contributed by atoms with van der Waals surface area (Å²) in [7, 11) is 4.97. The molecule has 5 nitrogen and oxygen atoms in total. The molecule has 1 N–H and O–H groups in total. The van der Waals surface area contributed by atoms with Gasteiger partial charge in [0.05, 0.1) is 21.3 Å². The van der Waals surface area contributed by atoms with Crippen LogP contribution in [0.1, 0.15) is 25.3 Å². The van der Waals surface area contributed by atoms with E-state index >= 15 is 0 Å². The van der Waals surface area contributed by atoms with Crippen molar-refractivity contribution in [3.8, 4) is 17.2 Å². The quantitative estimate of drug-likeness (QED) is 0.750. The van der Waals surface area contributed by atoms with Gasteiger partial charge >= 0.3 is 0 Å². The lowest BCUT2D eigenvalue weighted by atomic mass is 10.1. The van der Waals surface area contributed by atoms with Gasteiger partial charge in [0.1, 0.15) is 5.75 Å². The number of hydrogen-bond acceptors (Lipinski definition) is 5. The van der Waals surface area contributed by atoms with Crippen LogP contribution in [-0.4, -0.2) is 51.9 Å². The Labute approximate surface area is 157 Å². The van der Waals surface area contributed by atoms with Gasteiger partial charge in [-0.2, -0.15) is 0 Å². The molecule has 0 saturated carbocycles. The van der Waals surface area contributed by atoms with Crippen molar-refractivity contribution in [1.82, 2.24) is 10.2 Å². The Morgan fingerprint density at radius 3 is 2.25 bits per heavy atom. The number of benzene rings is 1. The minimum Gasteiger partial charge on any atom is -0.496 e. The summed E-state index contributed by atoms with van der Waals surface area (Å²) in [4.78, 5) is 2.54. The number of rotatable bonds is 8. The second-order valence-electron chi connectivity index (χ2n) is 5.57. The number of halogens is 2. The zero-order valence-corrected chi connectivity index (χ0v) is 16.6. The van der Waals surface area contributed by atoms with Gasteiger partial charge in [-0.05, 0) is 32.0 Å². The molecule has 0 bridgehead atoms. The van der Waals surface area contributed by atoms with Gasteiger partial charge in [-0.3, -0.25) is 4.90 Å². The Kier molecular flexibility index (Phi) is 11.2. The molecular formula is C17H30Cl2N2O3. The molecule has 1 aliphatic heterocycles. The SMILES string of the molecule is CCN1CCCC1CNCc1cc(OC)c(OC)cc1OC.Cl.Cl. The second kappa shape index (κ2) is 11.6. The number of nitrogens with zero attached hydrogens (tertiary/aromatic N) is 1. The summed E-state index contributed by atoms with van der Waals surface area (Å²) in [6.45, 7) is 6.35. The first-order valence-electron chi connectivity index (χ1n) is 7.97. The predicted octanol–water partition coefficient (Wildman–Crippen LogP) is 3.13. The first-order chi connectivity index (χ1) is 10.7. The molecule has 1 unspecified atom stereocenters. The number of nitrogens with one attached hydrogen (secondary N) is 1. The third kappa shape index (κ3) is 5.59. The first-order valence-corrected chi connectivity index (χ1v) is 7.97. The topological polar surface area (TPSA) is 43.0 Å². The highest BCUT2D eigenvalue weighted by atomic mass is 35.5. The van der Waals surface area contributed by atoms with E-state index in [9.17, 15) is 0 Å². The van der Waals surface area contributed by atoms with E-state index in [1.165, 1.54) is 19.4 Å². The van der Waals surface area contributed by atoms with Gasteiger partial charge in [-0.1, -0.05) is 6.92 Å². The molecule has 2 rings (SSSR count). The minimum atomic E-state index is 0. The fourth-order valence-electron chi connectivity index (χ4n) is 3.15. The van der Waals surface area contributed by atoms with Crippen LogP contribution in [0.3, 0.4) is 0 Å². The first kappa shape index (κ1) is 23.1. The normalized spacial score (nSPS) is 16.9. The van der Waals surface area contributed by atoms with Crippen molar-refractivity contribution in [2.24, 2.45) is 0 Å². The van der Waals surface area contributed by atoms with Crippen molar-refractivity contribution in [1.29, 1.82) is 0 Å². The van der Waals surface area contributed by atoms with E-state index in [1.807, 2.05) is 12.1 Å². The average molecular weight is 381 g/mol. The summed E-state index contributed by atoms with van der Waals surface area (Å²) in [5.41, 5.74) is 1.08. The van der Waals surface area contributed by atoms with Crippen molar-refractivity contribution in [2.75, 3.05) is 41.0 Å². The minimum absolute atomic E-state index is 0. The lowest BCUT2D eigenvalue weighted by Gasteiger charge is -2.23. The summed E-state index contributed by atoms with van der Waals surface area (Å²) in [5.74, 6) is 2.25. The van der Waals surface area contributed by atoms with Gasteiger partial charge in [-0.15, -0.1) is 24.8 Å². The standard InChI is InChI=1S/C17H28N2O3.2ClH/c1-5-19-8-6-7-14(19)12-18-11-13-9-16(21-3)17(22-4)10-15(13)20-2;;/h9-10,14,18H,5-8,11-12H2,1-4H3;2*1H. The molecule has 1 aromatic rings. The molecule has 7 heteroatoms. The molecule has 0 spiro atoms. The van der Waals surface area contributed by atoms with Gasteiger partial charge in [-0.25, -0.2) is 0 Å². The number of methoxy groups -OCH3 is 3. The van der Waals surface area contributed by atoms with Gasteiger partial charge in [0.2, 0.25) is 0 Å². The summed E-state index contributed by atoms with van der Waals surface area (Å²) in [5, 5.41) is 3.55. The molecule has 140 valence electrons. The molecule has 24 heavy (non-hydrogen) atoms. The van der Waals surface area contributed by atoms with Crippen LogP contribution in [-0.2, 0) is 6.54 Å². The van der Waals surface area contributed by atoms with E-state index in [2.05, 4.69) is 17.1 Å². The molecule has 1 fully saturated rings. The summed E-state index contributed by atoms with van der Waals surface area (Å²) >= 11 is 0. The Morgan fingerprint density at radius 2 is 1.67 bits per heavy atom. The lowest BCUT2D eigenvalue weighted by Crippen LogP contribution is -2.37. The molecule has 1 aromatic carbocycles. The van der Waals surface area contributed by atoms with E-state index in [0.717, 1.165) is 36.7 Å². The van der Waals surface area contributed by atoms with Crippen molar-refractivity contribution < 1.29 is 14.2 Å². The van der Waals surface area contributed by atoms with E-state index in [4.69, 9.17) is 14.2 Å². The van der Waals surface area contributed by atoms with Crippen LogP contribution < -0.4 is 19.5 Å². The van der Waals surface area contributed by atoms with Crippen LogP contribution in [0.4, 0.5) is 0 Å². The van der Waals surface area contributed by atoms with Crippen molar-refractivity contribution in [3.05, 3.63) is 17.7 Å². The van der Waals surface area contributed by atoms with Crippen LogP contribution in [0, 0.1) is 0 Å². The smallest absolute Gasteiger partial charge is 0.164 e. The third-order valence-corrected chi connectivity index (χ3v) is 4.39. The van der Waals surface area contributed by atoms with E-state index in [0.29, 0.717) is 11.8 Å². The fourth-order valence-corrected chi connectivity index (χ4v) is 3.15. The number of ether oxygens (including phenoxy) is 3. The van der Waals surface area contributed by atoms with Crippen LogP contribution in [0.5, 0.6) is 17.2 Å². The van der Waals surface area contributed by atoms with Gasteiger partial charge < -0.3 is 19.5 Å². The zero-order valence-electron chi connectivity index (χ0n) is 15.0. The van der Waals surface area contributed by atoms with Crippen molar-refractivity contribution in [3.63, 3.8) is 0 Å². The fraction of sp³-hybridized carbons (Fsp3) is 0.647. The highest BCUT2D eigenvalue weighted by Gasteiger charge is 2.22. The van der Waals surface area contributed by atoms with Gasteiger partial charge in [0.25, 0.3) is 0 Å². The Balaban J connectivity index is 0.00000264. The summed E-state index contributed by atoms with van der Waals surface area (Å²) < 4.78 is 16.2. The predicted molar refractivity (Wildman–Crippen MR) is 103 cm³/mol. The Hall–Kier alpha value is -0.880. The Bertz CT molecular complexity index is 489. The number of likely N-dealkylation sites (tertiary alicyclic amines) is 1. The summed E-state index contributed by atoms with van der Waals surface area (Å²) in [6.07, 6.45) is 2.59. The van der Waals surface area contributed by atoms with Crippen molar-refractivity contribution >= 4 is 24.8 Å². The largest absolute Gasteiger partial charge is 0.496 e. The molecule has 1 saturated heterocycles. The van der Waals surface area contributed by atoms with Crippen LogP contribution in [0.15, 0.2) is 12.1 Å². The second-order valence-corrected chi connectivity index (χ2v) is 5.57. The van der Waals surface area contributed by atoms with Gasteiger partial charge in [0.15, 0.2) is 11.5 Å². The zero-order chi connectivity index (χ0) is 15.9. The molecule has 1 atom stereocenters. The molecule has 0 aromatic heterocycles. The maximum atomic E-state index is 5.47. The molecule has 1 heterocycles. The van der Waals surface area contributed by atoms with E-state index < -0.39 is 0 Å². The van der Waals surface area contributed by atoms with E-state index in [1.54, 1.807) is 21.3 Å². The summed E-state index contributed by atoms with van der Waals surface area (Å²) in [6, 6.07) is 4.51. The molecule has 0 radical (unpaired) electrons. The molecule has 0 aliphatic carbocycles. The van der Waals surface area contributed by atoms with Gasteiger partial charge in [0, 0.05) is 30.8 Å². The maximum absolute atomic E-state index is 5.47. The molecule has 0 amide bonds. The number of hydrogen-bond donors (Lipinski definition) is 1. The number of likely N-dealkylation sites (N-methyl/N-ethyl adjacent to an activating group) is 1. The van der Waals surface area contributed by atoms with Crippen molar-refractivity contribution in [2.45, 2.75) is 32.4 Å². The maximum Gasteiger partial charge on any atom is 0.164 e. The van der Waals surface area contributed by atoms with Crippen LogP contribution in [0.25, 0.3) is 0 Å². The molecule has 1 aliphatic rings. The Morgan fingerprint density at radius 1 is 1.04 bits per heavy atom. The monoisotopic (exact) mass is 380 g/mol. The average Bonchev–Trinajstić information content (AvgIpc) is 3.01. The highest BCUT2D eigenvalue weighted by Crippen LogP contribution is 2.34. The van der Waals surface area contributed by atoms with Crippen LogP contribution >= 0.6 is 24.8 Å². The molecular weight excluding hydrogens is 351 g/mol. The van der Waals surface area contributed by atoms with Crippen LogP contribution in [0.2, 0.25) is 0 Å². The lowest BCUT2D eigenvalue weighted by molar-refractivity contribution is 0.259. The third-order valence-electron chi connectivity index (χ3n) is 4.39.